The molecule has 0 spiro atoms. The van der Waals surface area contributed by atoms with Crippen LogP contribution in [-0.2, 0) is 4.74 Å². The maximum Gasteiger partial charge on any atom is 0.119 e. The fourth-order valence-electron chi connectivity index (χ4n) is 2.26. The van der Waals surface area contributed by atoms with Crippen molar-refractivity contribution < 1.29 is 9.47 Å². The molecule has 3 nitrogen and oxygen atoms in total. The Labute approximate surface area is 126 Å². The van der Waals surface area contributed by atoms with Gasteiger partial charge in [0, 0.05) is 11.6 Å². The van der Waals surface area contributed by atoms with Crippen molar-refractivity contribution in [3.63, 3.8) is 0 Å². The second-order valence-corrected chi connectivity index (χ2v) is 5.52. The second kappa shape index (κ2) is 7.95. The van der Waals surface area contributed by atoms with Gasteiger partial charge in [-0.25, -0.2) is 0 Å². The summed E-state index contributed by atoms with van der Waals surface area (Å²) < 4.78 is 11.4. The molecule has 2 unspecified atom stereocenters. The summed E-state index contributed by atoms with van der Waals surface area (Å²) >= 11 is 5.82. The Morgan fingerprint density at radius 3 is 2.63 bits per heavy atom. The molecule has 1 fully saturated rings. The Morgan fingerprint density at radius 1 is 1.32 bits per heavy atom. The molecule has 5 heteroatoms. The van der Waals surface area contributed by atoms with E-state index in [1.165, 1.54) is 0 Å². The van der Waals surface area contributed by atoms with E-state index >= 15 is 0 Å². The van der Waals surface area contributed by atoms with Crippen LogP contribution in [0.25, 0.3) is 0 Å². The average molecular weight is 306 g/mol. The van der Waals surface area contributed by atoms with Gasteiger partial charge in [0.2, 0.25) is 0 Å². The van der Waals surface area contributed by atoms with E-state index in [9.17, 15) is 0 Å². The molecule has 0 amide bonds. The minimum atomic E-state index is 0. The van der Waals surface area contributed by atoms with Crippen LogP contribution >= 0.6 is 24.0 Å². The van der Waals surface area contributed by atoms with Gasteiger partial charge in [-0.05, 0) is 50.7 Å². The van der Waals surface area contributed by atoms with Gasteiger partial charge in [-0.15, -0.1) is 12.4 Å². The molecule has 1 aromatic rings. The van der Waals surface area contributed by atoms with Gasteiger partial charge in [-0.3, -0.25) is 0 Å². The molecule has 1 aromatic carbocycles. The van der Waals surface area contributed by atoms with Crippen LogP contribution in [0.15, 0.2) is 24.3 Å². The lowest BCUT2D eigenvalue weighted by molar-refractivity contribution is 0.0651. The molecule has 1 aliphatic heterocycles. The smallest absolute Gasteiger partial charge is 0.119 e. The molecule has 0 radical (unpaired) electrons. The standard InChI is InChI=1S/C14H20ClNO2.ClH/c1-16(2)8-11-7-14(17-9-11)10-18-13-5-3-12(15)4-6-13;/h3-6,11,14H,7-10H2,1-2H3;1H. The average Bonchev–Trinajstić information content (AvgIpc) is 2.75. The van der Waals surface area contributed by atoms with E-state index in [-0.39, 0.29) is 18.5 Å². The Balaban J connectivity index is 0.00000180. The number of ether oxygens (including phenoxy) is 2. The summed E-state index contributed by atoms with van der Waals surface area (Å²) in [6, 6.07) is 7.44. The van der Waals surface area contributed by atoms with Crippen LogP contribution in [0.1, 0.15) is 6.42 Å². The monoisotopic (exact) mass is 305 g/mol. The number of nitrogens with zero attached hydrogens (tertiary/aromatic N) is 1. The lowest BCUT2D eigenvalue weighted by atomic mass is 10.1. The van der Waals surface area contributed by atoms with Crippen molar-refractivity contribution >= 4 is 24.0 Å². The molecule has 1 aliphatic rings. The molecule has 1 heterocycles. The second-order valence-electron chi connectivity index (χ2n) is 5.08. The van der Waals surface area contributed by atoms with Crippen molar-refractivity contribution in [2.24, 2.45) is 5.92 Å². The highest BCUT2D eigenvalue weighted by Crippen LogP contribution is 2.22. The molecule has 0 aromatic heterocycles. The largest absolute Gasteiger partial charge is 0.491 e. The van der Waals surface area contributed by atoms with Gasteiger partial charge in [0.25, 0.3) is 0 Å². The summed E-state index contributed by atoms with van der Waals surface area (Å²) in [5.74, 6) is 1.47. The van der Waals surface area contributed by atoms with E-state index in [4.69, 9.17) is 21.1 Å². The Kier molecular flexibility index (Phi) is 6.94. The summed E-state index contributed by atoms with van der Waals surface area (Å²) in [4.78, 5) is 2.20. The van der Waals surface area contributed by atoms with E-state index in [1.807, 2.05) is 24.3 Å². The minimum Gasteiger partial charge on any atom is -0.491 e. The molecule has 2 rings (SSSR count). The molecule has 1 saturated heterocycles. The number of hydrogen-bond donors (Lipinski definition) is 0. The molecule has 108 valence electrons. The van der Waals surface area contributed by atoms with Crippen molar-refractivity contribution in [1.29, 1.82) is 0 Å². The highest BCUT2D eigenvalue weighted by atomic mass is 35.5. The first-order chi connectivity index (χ1) is 8.63. The summed E-state index contributed by atoms with van der Waals surface area (Å²) in [5.41, 5.74) is 0. The molecule has 0 saturated carbocycles. The summed E-state index contributed by atoms with van der Waals surface area (Å²) in [6.07, 6.45) is 1.29. The first-order valence-corrected chi connectivity index (χ1v) is 6.66. The fourth-order valence-corrected chi connectivity index (χ4v) is 2.39. The summed E-state index contributed by atoms with van der Waals surface area (Å²) in [7, 11) is 4.19. The van der Waals surface area contributed by atoms with E-state index in [1.54, 1.807) is 0 Å². The van der Waals surface area contributed by atoms with Gasteiger partial charge in [0.1, 0.15) is 12.4 Å². The van der Waals surface area contributed by atoms with Crippen molar-refractivity contribution in [1.82, 2.24) is 4.90 Å². The van der Waals surface area contributed by atoms with Crippen LogP contribution < -0.4 is 4.74 Å². The normalized spacial score (nSPS) is 22.3. The quantitative estimate of drug-likeness (QED) is 0.834. The van der Waals surface area contributed by atoms with Crippen LogP contribution in [0.5, 0.6) is 5.75 Å². The highest BCUT2D eigenvalue weighted by molar-refractivity contribution is 6.30. The predicted molar refractivity (Wildman–Crippen MR) is 80.6 cm³/mol. The van der Waals surface area contributed by atoms with Crippen LogP contribution in [0.2, 0.25) is 5.02 Å². The Hall–Kier alpha value is -0.480. The van der Waals surface area contributed by atoms with Crippen molar-refractivity contribution in [2.45, 2.75) is 12.5 Å². The van der Waals surface area contributed by atoms with E-state index in [0.717, 1.165) is 30.3 Å². The topological polar surface area (TPSA) is 21.7 Å². The molecule has 0 aliphatic carbocycles. The summed E-state index contributed by atoms with van der Waals surface area (Å²) in [5, 5.41) is 0.727. The van der Waals surface area contributed by atoms with Gasteiger partial charge in [-0.2, -0.15) is 0 Å². The zero-order valence-corrected chi connectivity index (χ0v) is 12.9. The zero-order chi connectivity index (χ0) is 13.0. The van der Waals surface area contributed by atoms with Gasteiger partial charge in [0.05, 0.1) is 12.7 Å². The van der Waals surface area contributed by atoms with Crippen molar-refractivity contribution in [3.05, 3.63) is 29.3 Å². The Bertz CT molecular complexity index is 370. The molecular formula is C14H21Cl2NO2. The lowest BCUT2D eigenvalue weighted by Gasteiger charge is -2.14. The predicted octanol–water partition coefficient (Wildman–Crippen LogP) is 3.11. The third kappa shape index (κ3) is 5.57. The number of rotatable bonds is 5. The third-order valence-corrected chi connectivity index (χ3v) is 3.29. The molecule has 19 heavy (non-hydrogen) atoms. The van der Waals surface area contributed by atoms with Crippen LogP contribution in [0, 0.1) is 5.92 Å². The van der Waals surface area contributed by atoms with Crippen LogP contribution in [0.4, 0.5) is 0 Å². The van der Waals surface area contributed by atoms with Crippen LogP contribution in [0.3, 0.4) is 0 Å². The number of hydrogen-bond acceptors (Lipinski definition) is 3. The van der Waals surface area contributed by atoms with E-state index in [0.29, 0.717) is 12.5 Å². The first kappa shape index (κ1) is 16.6. The van der Waals surface area contributed by atoms with Gasteiger partial charge in [0.15, 0.2) is 0 Å². The molecule has 0 bridgehead atoms. The van der Waals surface area contributed by atoms with Gasteiger partial charge < -0.3 is 14.4 Å². The maximum atomic E-state index is 5.82. The lowest BCUT2D eigenvalue weighted by Crippen LogP contribution is -2.22. The van der Waals surface area contributed by atoms with Gasteiger partial charge >= 0.3 is 0 Å². The fraction of sp³-hybridized carbons (Fsp3) is 0.571. The van der Waals surface area contributed by atoms with Crippen molar-refractivity contribution in [3.8, 4) is 5.75 Å². The van der Waals surface area contributed by atoms with Crippen LogP contribution in [-0.4, -0.2) is 44.9 Å². The summed E-state index contributed by atoms with van der Waals surface area (Å²) in [6.45, 7) is 2.54. The number of halogens is 2. The minimum absolute atomic E-state index is 0. The Morgan fingerprint density at radius 2 is 2.00 bits per heavy atom. The zero-order valence-electron chi connectivity index (χ0n) is 11.3. The highest BCUT2D eigenvalue weighted by Gasteiger charge is 2.26. The molecular weight excluding hydrogens is 285 g/mol. The van der Waals surface area contributed by atoms with Crippen molar-refractivity contribution in [2.75, 3.05) is 33.9 Å². The molecule has 2 atom stereocenters. The first-order valence-electron chi connectivity index (χ1n) is 6.28. The van der Waals surface area contributed by atoms with E-state index < -0.39 is 0 Å². The van der Waals surface area contributed by atoms with Gasteiger partial charge in [-0.1, -0.05) is 11.6 Å². The SMILES string of the molecule is CN(C)CC1COC(COc2ccc(Cl)cc2)C1.Cl. The maximum absolute atomic E-state index is 5.82. The molecule has 0 N–H and O–H groups in total. The number of benzene rings is 1. The van der Waals surface area contributed by atoms with E-state index in [2.05, 4.69) is 19.0 Å². The third-order valence-electron chi connectivity index (χ3n) is 3.04.